The zero-order valence-corrected chi connectivity index (χ0v) is 8.43. The minimum Gasteiger partial charge on any atom is -0.255 e. The van der Waals surface area contributed by atoms with Gasteiger partial charge in [-0.25, -0.2) is 0 Å². The molecule has 3 heteroatoms. The average molecular weight is 243 g/mol. The Balaban J connectivity index is 2.88. The summed E-state index contributed by atoms with van der Waals surface area (Å²) < 4.78 is 1.02. The van der Waals surface area contributed by atoms with Gasteiger partial charge in [-0.05, 0) is 18.2 Å². The van der Waals surface area contributed by atoms with E-state index in [9.17, 15) is 0 Å². The Labute approximate surface area is 83.5 Å². The molecule has 0 aliphatic heterocycles. The van der Waals surface area contributed by atoms with E-state index in [4.69, 9.17) is 11.6 Å². The highest BCUT2D eigenvalue weighted by atomic mass is 79.9. The number of hydrogen-bond acceptors (Lipinski definition) is 1. The molecule has 0 fully saturated rings. The third-order valence-corrected chi connectivity index (χ3v) is 2.54. The van der Waals surface area contributed by atoms with Gasteiger partial charge in [-0.1, -0.05) is 33.6 Å². The Morgan fingerprint density at radius 3 is 3.00 bits per heavy atom. The van der Waals surface area contributed by atoms with E-state index in [1.54, 1.807) is 6.20 Å². The molecule has 60 valence electrons. The van der Waals surface area contributed by atoms with Crippen LogP contribution in [0.4, 0.5) is 0 Å². The molecule has 0 aliphatic rings. The van der Waals surface area contributed by atoms with Gasteiger partial charge in [0.15, 0.2) is 0 Å². The highest BCUT2D eigenvalue weighted by Crippen LogP contribution is 2.24. The van der Waals surface area contributed by atoms with Crippen LogP contribution < -0.4 is 0 Å². The lowest BCUT2D eigenvalue weighted by atomic mass is 10.2. The van der Waals surface area contributed by atoms with Crippen LogP contribution in [0.2, 0.25) is 5.02 Å². The Morgan fingerprint density at radius 1 is 1.33 bits per heavy atom. The summed E-state index contributed by atoms with van der Waals surface area (Å²) in [7, 11) is 0. The number of pyridine rings is 1. The Hall–Kier alpha value is -0.600. The van der Waals surface area contributed by atoms with Crippen LogP contribution in [0.1, 0.15) is 0 Å². The smallest absolute Gasteiger partial charge is 0.0714 e. The maximum Gasteiger partial charge on any atom is 0.0714 e. The molecule has 1 nitrogen and oxygen atoms in total. The highest BCUT2D eigenvalue weighted by molar-refractivity contribution is 9.10. The van der Waals surface area contributed by atoms with Crippen molar-refractivity contribution in [1.82, 2.24) is 4.98 Å². The monoisotopic (exact) mass is 241 g/mol. The van der Waals surface area contributed by atoms with Gasteiger partial charge >= 0.3 is 0 Å². The number of benzene rings is 1. The highest BCUT2D eigenvalue weighted by Gasteiger charge is 1.98. The van der Waals surface area contributed by atoms with Crippen molar-refractivity contribution in [2.45, 2.75) is 0 Å². The van der Waals surface area contributed by atoms with E-state index in [-0.39, 0.29) is 0 Å². The summed E-state index contributed by atoms with van der Waals surface area (Å²) >= 11 is 9.24. The molecule has 0 amide bonds. The summed E-state index contributed by atoms with van der Waals surface area (Å²) in [6, 6.07) is 7.78. The molecule has 0 spiro atoms. The molecule has 1 aromatic heterocycles. The first-order valence-electron chi connectivity index (χ1n) is 3.47. The van der Waals surface area contributed by atoms with Crippen molar-refractivity contribution in [2.75, 3.05) is 0 Å². The van der Waals surface area contributed by atoms with Crippen LogP contribution >= 0.6 is 27.5 Å². The van der Waals surface area contributed by atoms with Gasteiger partial charge in [-0.2, -0.15) is 0 Å². The molecular formula is C9H5BrClN. The molecule has 12 heavy (non-hydrogen) atoms. The lowest BCUT2D eigenvalue weighted by molar-refractivity contribution is 1.41. The van der Waals surface area contributed by atoms with Gasteiger partial charge in [0.1, 0.15) is 0 Å². The molecule has 2 rings (SSSR count). The predicted octanol–water partition coefficient (Wildman–Crippen LogP) is 3.65. The molecule has 1 aromatic carbocycles. The lowest BCUT2D eigenvalue weighted by Gasteiger charge is -1.98. The van der Waals surface area contributed by atoms with Crippen LogP contribution in [0.3, 0.4) is 0 Å². The van der Waals surface area contributed by atoms with Crippen LogP contribution in [0.15, 0.2) is 34.9 Å². The van der Waals surface area contributed by atoms with Gasteiger partial charge in [0.25, 0.3) is 0 Å². The SMILES string of the molecule is Clc1cnc2cccc(Br)c2c1. The van der Waals surface area contributed by atoms with Gasteiger partial charge in [0.05, 0.1) is 10.5 Å². The average Bonchev–Trinajstić information content (AvgIpc) is 2.07. The van der Waals surface area contributed by atoms with E-state index < -0.39 is 0 Å². The molecule has 0 saturated carbocycles. The summed E-state index contributed by atoms with van der Waals surface area (Å²) in [5, 5.41) is 1.71. The largest absolute Gasteiger partial charge is 0.255 e. The van der Waals surface area contributed by atoms with E-state index in [1.165, 1.54) is 0 Å². The number of halogens is 2. The zero-order valence-electron chi connectivity index (χ0n) is 6.09. The van der Waals surface area contributed by atoms with Gasteiger partial charge in [-0.3, -0.25) is 4.98 Å². The van der Waals surface area contributed by atoms with Crippen LogP contribution in [0.25, 0.3) is 10.9 Å². The first kappa shape index (κ1) is 8.02. The summed E-state index contributed by atoms with van der Waals surface area (Å²) in [5.41, 5.74) is 0.953. The Bertz CT molecular complexity index is 428. The van der Waals surface area contributed by atoms with Crippen LogP contribution in [0, 0.1) is 0 Å². The minimum absolute atomic E-state index is 0.661. The van der Waals surface area contributed by atoms with Crippen molar-refractivity contribution in [3.05, 3.63) is 40.0 Å². The van der Waals surface area contributed by atoms with Crippen LogP contribution in [-0.4, -0.2) is 4.98 Å². The number of aromatic nitrogens is 1. The van der Waals surface area contributed by atoms with Crippen molar-refractivity contribution in [3.8, 4) is 0 Å². The zero-order chi connectivity index (χ0) is 8.55. The summed E-state index contributed by atoms with van der Waals surface area (Å²) in [5.74, 6) is 0. The van der Waals surface area contributed by atoms with Crippen LogP contribution in [-0.2, 0) is 0 Å². The molecule has 0 unspecified atom stereocenters. The first-order chi connectivity index (χ1) is 5.77. The van der Waals surface area contributed by atoms with Crippen molar-refractivity contribution in [2.24, 2.45) is 0 Å². The summed E-state index contributed by atoms with van der Waals surface area (Å²) in [6.45, 7) is 0. The fraction of sp³-hybridized carbons (Fsp3) is 0. The molecule has 0 atom stereocenters. The number of rotatable bonds is 0. The van der Waals surface area contributed by atoms with Gasteiger partial charge in [-0.15, -0.1) is 0 Å². The Morgan fingerprint density at radius 2 is 2.17 bits per heavy atom. The topological polar surface area (TPSA) is 12.9 Å². The summed E-state index contributed by atoms with van der Waals surface area (Å²) in [4.78, 5) is 4.18. The molecule has 0 saturated heterocycles. The second-order valence-electron chi connectivity index (χ2n) is 2.46. The second kappa shape index (κ2) is 3.04. The lowest BCUT2D eigenvalue weighted by Crippen LogP contribution is -1.78. The normalized spacial score (nSPS) is 10.5. The van der Waals surface area contributed by atoms with Crippen molar-refractivity contribution in [1.29, 1.82) is 0 Å². The van der Waals surface area contributed by atoms with Crippen molar-refractivity contribution >= 4 is 38.4 Å². The van der Waals surface area contributed by atoms with E-state index in [2.05, 4.69) is 20.9 Å². The van der Waals surface area contributed by atoms with Crippen LogP contribution in [0.5, 0.6) is 0 Å². The maximum atomic E-state index is 5.81. The number of fused-ring (bicyclic) bond motifs is 1. The molecule has 0 radical (unpaired) electrons. The van der Waals surface area contributed by atoms with E-state index in [1.807, 2.05) is 24.3 Å². The molecule has 2 aromatic rings. The predicted molar refractivity (Wildman–Crippen MR) is 54.5 cm³/mol. The van der Waals surface area contributed by atoms with Crippen molar-refractivity contribution < 1.29 is 0 Å². The standard InChI is InChI=1S/C9H5BrClN/c10-8-2-1-3-9-7(8)4-6(11)5-12-9/h1-5H. The first-order valence-corrected chi connectivity index (χ1v) is 4.64. The molecule has 0 N–H and O–H groups in total. The number of hydrogen-bond donors (Lipinski definition) is 0. The third kappa shape index (κ3) is 1.32. The van der Waals surface area contributed by atoms with Gasteiger partial charge in [0.2, 0.25) is 0 Å². The van der Waals surface area contributed by atoms with Gasteiger partial charge < -0.3 is 0 Å². The molecule has 1 heterocycles. The van der Waals surface area contributed by atoms with Gasteiger partial charge in [0, 0.05) is 16.1 Å². The molecule has 0 aliphatic carbocycles. The van der Waals surface area contributed by atoms with E-state index >= 15 is 0 Å². The van der Waals surface area contributed by atoms with E-state index in [0.29, 0.717) is 5.02 Å². The number of nitrogens with zero attached hydrogens (tertiary/aromatic N) is 1. The second-order valence-corrected chi connectivity index (χ2v) is 3.75. The Kier molecular flexibility index (Phi) is 2.03. The minimum atomic E-state index is 0.661. The fourth-order valence-corrected chi connectivity index (χ4v) is 1.72. The van der Waals surface area contributed by atoms with E-state index in [0.717, 1.165) is 15.4 Å². The third-order valence-electron chi connectivity index (χ3n) is 1.64. The quantitative estimate of drug-likeness (QED) is 0.687. The summed E-state index contributed by atoms with van der Waals surface area (Å²) in [6.07, 6.45) is 1.65. The van der Waals surface area contributed by atoms with Crippen molar-refractivity contribution in [3.63, 3.8) is 0 Å². The fourth-order valence-electron chi connectivity index (χ4n) is 1.09. The molecular weight excluding hydrogens is 237 g/mol. The maximum absolute atomic E-state index is 5.81. The molecule has 0 bridgehead atoms.